The van der Waals surface area contributed by atoms with Gasteiger partial charge < -0.3 is 15.5 Å². The molecule has 1 aromatic rings. The fraction of sp³-hybridized carbons (Fsp3) is 0.571. The molecule has 2 N–H and O–H groups in total. The van der Waals surface area contributed by atoms with Gasteiger partial charge in [-0.2, -0.15) is 0 Å². The quantitative estimate of drug-likeness (QED) is 0.652. The van der Waals surface area contributed by atoms with Gasteiger partial charge in [0, 0.05) is 25.0 Å². The van der Waals surface area contributed by atoms with Gasteiger partial charge in [0.2, 0.25) is 5.91 Å². The summed E-state index contributed by atoms with van der Waals surface area (Å²) in [5, 5.41) is 8.34. The Hall–Kier alpha value is -1.56. The average molecular weight is 294 g/mol. The van der Waals surface area contributed by atoms with E-state index in [-0.39, 0.29) is 5.91 Å². The summed E-state index contributed by atoms with van der Waals surface area (Å²) in [7, 11) is 1.72. The van der Waals surface area contributed by atoms with Gasteiger partial charge in [-0.15, -0.1) is 11.3 Å². The number of carbonyl (C=O) groups excluding carboxylic acids is 1. The first-order valence-electron chi connectivity index (χ1n) is 7.04. The maximum absolute atomic E-state index is 12.0. The monoisotopic (exact) mass is 294 g/mol. The molecule has 2 heterocycles. The molecule has 1 fully saturated rings. The fourth-order valence-electron chi connectivity index (χ4n) is 2.22. The first-order valence-corrected chi connectivity index (χ1v) is 7.92. The van der Waals surface area contributed by atoms with Crippen molar-refractivity contribution < 1.29 is 4.79 Å². The molecule has 1 aliphatic rings. The van der Waals surface area contributed by atoms with E-state index in [0.29, 0.717) is 12.5 Å². The van der Waals surface area contributed by atoms with Gasteiger partial charge in [-0.25, -0.2) is 0 Å². The third kappa shape index (κ3) is 4.52. The highest BCUT2D eigenvalue weighted by Gasteiger charge is 2.16. The van der Waals surface area contributed by atoms with E-state index >= 15 is 0 Å². The van der Waals surface area contributed by atoms with Crippen LogP contribution in [0.3, 0.4) is 0 Å². The Kier molecular flexibility index (Phi) is 5.86. The molecule has 0 spiro atoms. The van der Waals surface area contributed by atoms with Crippen LogP contribution in [0.15, 0.2) is 22.5 Å². The predicted molar refractivity (Wildman–Crippen MR) is 83.0 cm³/mol. The van der Waals surface area contributed by atoms with Gasteiger partial charge in [0.1, 0.15) is 0 Å². The van der Waals surface area contributed by atoms with Gasteiger partial charge in [-0.05, 0) is 30.7 Å². The Morgan fingerprint density at radius 3 is 2.80 bits per heavy atom. The molecule has 1 amide bonds. The second-order valence-electron chi connectivity index (χ2n) is 4.80. The van der Waals surface area contributed by atoms with Crippen LogP contribution >= 0.6 is 11.3 Å². The van der Waals surface area contributed by atoms with Crippen molar-refractivity contribution in [2.75, 3.05) is 26.7 Å². The zero-order valence-corrected chi connectivity index (χ0v) is 12.7. The van der Waals surface area contributed by atoms with Crippen molar-refractivity contribution in [1.82, 2.24) is 15.5 Å². The number of amides is 1. The molecule has 0 unspecified atom stereocenters. The molecule has 0 aliphatic carbocycles. The normalized spacial score (nSPS) is 16.1. The molecule has 5 nitrogen and oxygen atoms in total. The number of rotatable bonds is 4. The third-order valence-corrected chi connectivity index (χ3v) is 4.23. The smallest absolute Gasteiger partial charge is 0.241 e. The molecule has 0 aromatic carbocycles. The van der Waals surface area contributed by atoms with Crippen LogP contribution in [-0.2, 0) is 11.3 Å². The topological polar surface area (TPSA) is 56.7 Å². The molecule has 0 radical (unpaired) electrons. The summed E-state index contributed by atoms with van der Waals surface area (Å²) in [5.41, 5.74) is 0. The molecule has 1 aromatic heterocycles. The number of guanidine groups is 1. The first kappa shape index (κ1) is 14.8. The lowest BCUT2D eigenvalue weighted by atomic mass is 10.1. The second-order valence-corrected chi connectivity index (χ2v) is 5.83. The lowest BCUT2D eigenvalue weighted by Crippen LogP contribution is -2.45. The van der Waals surface area contributed by atoms with E-state index in [0.717, 1.165) is 32.5 Å². The molecule has 110 valence electrons. The van der Waals surface area contributed by atoms with E-state index in [9.17, 15) is 4.79 Å². The molecule has 0 saturated carbocycles. The minimum absolute atomic E-state index is 0.156. The zero-order valence-electron chi connectivity index (χ0n) is 11.9. The van der Waals surface area contributed by atoms with E-state index < -0.39 is 0 Å². The van der Waals surface area contributed by atoms with Crippen LogP contribution in [-0.4, -0.2) is 43.4 Å². The molecule has 20 heavy (non-hydrogen) atoms. The predicted octanol–water partition coefficient (Wildman–Crippen LogP) is 1.43. The van der Waals surface area contributed by atoms with Crippen LogP contribution in [0.25, 0.3) is 0 Å². The van der Waals surface area contributed by atoms with Crippen molar-refractivity contribution in [3.05, 3.63) is 22.4 Å². The molecular formula is C14H22N4OS. The minimum Gasteiger partial charge on any atom is -0.352 e. The van der Waals surface area contributed by atoms with E-state index in [1.54, 1.807) is 18.4 Å². The minimum atomic E-state index is 0.156. The average Bonchev–Trinajstić information content (AvgIpc) is 3.01. The number of nitrogens with zero attached hydrogens (tertiary/aromatic N) is 2. The van der Waals surface area contributed by atoms with Gasteiger partial charge in [0.15, 0.2) is 5.96 Å². The summed E-state index contributed by atoms with van der Waals surface area (Å²) in [6.45, 7) is 2.82. The van der Waals surface area contributed by atoms with Crippen LogP contribution in [0.5, 0.6) is 0 Å². The summed E-state index contributed by atoms with van der Waals surface area (Å²) in [5.74, 6) is 0.826. The molecule has 2 rings (SSSR count). The lowest BCUT2D eigenvalue weighted by molar-refractivity contribution is -0.130. The Morgan fingerprint density at radius 1 is 1.35 bits per heavy atom. The number of likely N-dealkylation sites (tertiary alicyclic amines) is 1. The van der Waals surface area contributed by atoms with Gasteiger partial charge in [-0.1, -0.05) is 6.07 Å². The number of nitrogens with one attached hydrogen (secondary N) is 2. The maximum atomic E-state index is 12.0. The molecule has 1 aliphatic heterocycles. The largest absolute Gasteiger partial charge is 0.352 e. The van der Waals surface area contributed by atoms with E-state index in [4.69, 9.17) is 0 Å². The molecule has 0 bridgehead atoms. The van der Waals surface area contributed by atoms with Crippen LogP contribution in [0.4, 0.5) is 0 Å². The van der Waals surface area contributed by atoms with Gasteiger partial charge >= 0.3 is 0 Å². The number of thiophene rings is 1. The summed E-state index contributed by atoms with van der Waals surface area (Å²) in [6, 6.07) is 4.10. The highest BCUT2D eigenvalue weighted by molar-refractivity contribution is 7.09. The summed E-state index contributed by atoms with van der Waals surface area (Å²) < 4.78 is 0. The second kappa shape index (κ2) is 7.89. The molecule has 1 saturated heterocycles. The van der Waals surface area contributed by atoms with Crippen molar-refractivity contribution in [2.45, 2.75) is 25.8 Å². The van der Waals surface area contributed by atoms with Crippen molar-refractivity contribution >= 4 is 23.2 Å². The lowest BCUT2D eigenvalue weighted by Gasteiger charge is -2.27. The van der Waals surface area contributed by atoms with Gasteiger partial charge in [0.05, 0.1) is 13.1 Å². The highest BCUT2D eigenvalue weighted by Crippen LogP contribution is 2.08. The maximum Gasteiger partial charge on any atom is 0.241 e. The summed E-state index contributed by atoms with van der Waals surface area (Å²) in [6.07, 6.45) is 3.48. The number of piperidine rings is 1. The van der Waals surface area contributed by atoms with Crippen LogP contribution in [0.2, 0.25) is 0 Å². The molecular weight excluding hydrogens is 272 g/mol. The van der Waals surface area contributed by atoms with Crippen LogP contribution < -0.4 is 10.6 Å². The number of hydrogen-bond acceptors (Lipinski definition) is 3. The third-order valence-electron chi connectivity index (χ3n) is 3.35. The Labute approximate surface area is 124 Å². The molecule has 6 heteroatoms. The standard InChI is InChI=1S/C14H22N4OS/c1-15-14(16-10-12-6-5-9-20-12)17-11-13(19)18-7-3-2-4-8-18/h5-6,9H,2-4,7-8,10-11H2,1H3,(H2,15,16,17). The van der Waals surface area contributed by atoms with Crippen LogP contribution in [0.1, 0.15) is 24.1 Å². The van der Waals surface area contributed by atoms with Crippen LogP contribution in [0, 0.1) is 0 Å². The van der Waals surface area contributed by atoms with E-state index in [1.165, 1.54) is 11.3 Å². The Morgan fingerprint density at radius 2 is 2.15 bits per heavy atom. The highest BCUT2D eigenvalue weighted by atomic mass is 32.1. The fourth-order valence-corrected chi connectivity index (χ4v) is 2.86. The van der Waals surface area contributed by atoms with Crippen molar-refractivity contribution in [1.29, 1.82) is 0 Å². The Balaban J connectivity index is 1.71. The van der Waals surface area contributed by atoms with E-state index in [2.05, 4.69) is 21.7 Å². The molecule has 0 atom stereocenters. The van der Waals surface area contributed by atoms with Crippen molar-refractivity contribution in [2.24, 2.45) is 4.99 Å². The van der Waals surface area contributed by atoms with Crippen molar-refractivity contribution in [3.63, 3.8) is 0 Å². The summed E-state index contributed by atoms with van der Waals surface area (Å²) >= 11 is 1.70. The van der Waals surface area contributed by atoms with E-state index in [1.807, 2.05) is 16.3 Å². The summed E-state index contributed by atoms with van der Waals surface area (Å²) in [4.78, 5) is 19.3. The zero-order chi connectivity index (χ0) is 14.2. The SMILES string of the molecule is CN=C(NCC(=O)N1CCCCC1)NCc1cccs1. The number of carbonyl (C=O) groups is 1. The number of hydrogen-bond donors (Lipinski definition) is 2. The number of aliphatic imine (C=N–C) groups is 1. The first-order chi connectivity index (χ1) is 9.79. The Bertz CT molecular complexity index is 438. The van der Waals surface area contributed by atoms with Gasteiger partial charge in [-0.3, -0.25) is 9.79 Å². The van der Waals surface area contributed by atoms with Crippen molar-refractivity contribution in [3.8, 4) is 0 Å². The van der Waals surface area contributed by atoms with Gasteiger partial charge in [0.25, 0.3) is 0 Å².